The van der Waals surface area contributed by atoms with E-state index in [1.165, 1.54) is 0 Å². The second-order valence-electron chi connectivity index (χ2n) is 4.22. The standard InChI is InChI=1S/C13H19N3O3/c1-2-3-4-11(12(17)18)16-13(19)15-9-10-5-7-14-8-6-10/h5-8,11H,2-4,9H2,1H3,(H,17,18)(H2,15,16,19)/t11-/m0/s1. The topological polar surface area (TPSA) is 91.3 Å². The van der Waals surface area contributed by atoms with E-state index in [1.807, 2.05) is 6.92 Å². The lowest BCUT2D eigenvalue weighted by Gasteiger charge is -2.14. The molecule has 1 aromatic rings. The summed E-state index contributed by atoms with van der Waals surface area (Å²) < 4.78 is 0. The molecule has 0 saturated heterocycles. The van der Waals surface area contributed by atoms with Gasteiger partial charge in [0.1, 0.15) is 6.04 Å². The molecule has 0 aliphatic carbocycles. The molecule has 1 aromatic heterocycles. The van der Waals surface area contributed by atoms with Crippen molar-refractivity contribution in [3.05, 3.63) is 30.1 Å². The van der Waals surface area contributed by atoms with Crippen LogP contribution in [0.4, 0.5) is 4.79 Å². The van der Waals surface area contributed by atoms with Gasteiger partial charge in [-0.1, -0.05) is 19.8 Å². The maximum Gasteiger partial charge on any atom is 0.326 e. The van der Waals surface area contributed by atoms with Gasteiger partial charge in [-0.2, -0.15) is 0 Å². The zero-order chi connectivity index (χ0) is 14.1. The van der Waals surface area contributed by atoms with Gasteiger partial charge in [0.15, 0.2) is 0 Å². The molecule has 1 rings (SSSR count). The molecule has 1 heterocycles. The predicted octanol–water partition coefficient (Wildman–Crippen LogP) is 1.52. The Morgan fingerprint density at radius 2 is 2.05 bits per heavy atom. The number of rotatable bonds is 7. The van der Waals surface area contributed by atoms with Crippen LogP contribution in [-0.2, 0) is 11.3 Å². The molecule has 1 atom stereocenters. The number of carboxylic acid groups (broad SMARTS) is 1. The van der Waals surface area contributed by atoms with Gasteiger partial charge in [0, 0.05) is 18.9 Å². The van der Waals surface area contributed by atoms with E-state index in [1.54, 1.807) is 24.5 Å². The number of carbonyl (C=O) groups is 2. The highest BCUT2D eigenvalue weighted by Crippen LogP contribution is 2.01. The van der Waals surface area contributed by atoms with Crippen molar-refractivity contribution in [3.8, 4) is 0 Å². The van der Waals surface area contributed by atoms with Crippen LogP contribution in [0.25, 0.3) is 0 Å². The first-order valence-electron chi connectivity index (χ1n) is 6.29. The van der Waals surface area contributed by atoms with E-state index < -0.39 is 18.0 Å². The third-order valence-corrected chi connectivity index (χ3v) is 2.65. The summed E-state index contributed by atoms with van der Waals surface area (Å²) in [5.41, 5.74) is 0.908. The smallest absolute Gasteiger partial charge is 0.326 e. The maximum absolute atomic E-state index is 11.6. The lowest BCUT2D eigenvalue weighted by Crippen LogP contribution is -2.45. The van der Waals surface area contributed by atoms with Gasteiger partial charge in [0.2, 0.25) is 0 Å². The average molecular weight is 265 g/mol. The van der Waals surface area contributed by atoms with E-state index in [-0.39, 0.29) is 0 Å². The zero-order valence-electron chi connectivity index (χ0n) is 10.9. The van der Waals surface area contributed by atoms with Gasteiger partial charge in [-0.25, -0.2) is 9.59 Å². The van der Waals surface area contributed by atoms with Crippen molar-refractivity contribution in [2.45, 2.75) is 38.8 Å². The molecule has 6 heteroatoms. The number of nitrogens with zero attached hydrogens (tertiary/aromatic N) is 1. The Labute approximate surface area is 112 Å². The molecule has 19 heavy (non-hydrogen) atoms. The number of pyridine rings is 1. The fraction of sp³-hybridized carbons (Fsp3) is 0.462. The van der Waals surface area contributed by atoms with E-state index in [0.717, 1.165) is 18.4 Å². The summed E-state index contributed by atoms with van der Waals surface area (Å²) in [6.45, 7) is 2.32. The van der Waals surface area contributed by atoms with Crippen molar-refractivity contribution in [2.24, 2.45) is 0 Å². The number of hydrogen-bond acceptors (Lipinski definition) is 3. The number of carbonyl (C=O) groups excluding carboxylic acids is 1. The normalized spacial score (nSPS) is 11.6. The molecule has 0 saturated carbocycles. The van der Waals surface area contributed by atoms with E-state index in [0.29, 0.717) is 13.0 Å². The molecule has 3 N–H and O–H groups in total. The quantitative estimate of drug-likeness (QED) is 0.697. The summed E-state index contributed by atoms with van der Waals surface area (Å²) in [7, 11) is 0. The Kier molecular flexibility index (Phi) is 6.35. The molecule has 0 aromatic carbocycles. The molecule has 0 spiro atoms. The summed E-state index contributed by atoms with van der Waals surface area (Å²) in [6, 6.07) is 2.26. The minimum absolute atomic E-state index is 0.342. The highest BCUT2D eigenvalue weighted by Gasteiger charge is 2.18. The highest BCUT2D eigenvalue weighted by molar-refractivity contribution is 5.82. The van der Waals surface area contributed by atoms with Crippen LogP contribution in [0.1, 0.15) is 31.7 Å². The van der Waals surface area contributed by atoms with Crippen molar-refractivity contribution in [1.29, 1.82) is 0 Å². The van der Waals surface area contributed by atoms with Crippen LogP contribution < -0.4 is 10.6 Å². The number of amides is 2. The van der Waals surface area contributed by atoms with Gasteiger partial charge in [-0.3, -0.25) is 4.98 Å². The molecule has 2 amide bonds. The third kappa shape index (κ3) is 5.85. The van der Waals surface area contributed by atoms with Crippen molar-refractivity contribution in [1.82, 2.24) is 15.6 Å². The first kappa shape index (κ1) is 14.9. The maximum atomic E-state index is 11.6. The fourth-order valence-electron chi connectivity index (χ4n) is 1.56. The number of carboxylic acids is 1. The van der Waals surface area contributed by atoms with Crippen molar-refractivity contribution < 1.29 is 14.7 Å². The molecule has 0 aliphatic rings. The number of hydrogen-bond donors (Lipinski definition) is 3. The number of urea groups is 1. The third-order valence-electron chi connectivity index (χ3n) is 2.65. The summed E-state index contributed by atoms with van der Waals surface area (Å²) in [5, 5.41) is 14.1. The summed E-state index contributed by atoms with van der Waals surface area (Å²) in [6.07, 6.45) is 5.37. The second kappa shape index (κ2) is 8.07. The zero-order valence-corrected chi connectivity index (χ0v) is 10.9. The molecule has 0 aliphatic heterocycles. The van der Waals surface area contributed by atoms with Crippen molar-refractivity contribution in [2.75, 3.05) is 0 Å². The van der Waals surface area contributed by atoms with Crippen LogP contribution in [0, 0.1) is 0 Å². The average Bonchev–Trinajstić information content (AvgIpc) is 2.42. The first-order valence-corrected chi connectivity index (χ1v) is 6.29. The fourth-order valence-corrected chi connectivity index (χ4v) is 1.56. The molecule has 0 fully saturated rings. The lowest BCUT2D eigenvalue weighted by atomic mass is 10.1. The SMILES string of the molecule is CCCC[C@H](NC(=O)NCc1ccncc1)C(=O)O. The van der Waals surface area contributed by atoms with Gasteiger partial charge in [0.25, 0.3) is 0 Å². The van der Waals surface area contributed by atoms with Gasteiger partial charge in [-0.15, -0.1) is 0 Å². The van der Waals surface area contributed by atoms with Gasteiger partial charge in [0.05, 0.1) is 0 Å². The molecule has 0 radical (unpaired) electrons. The van der Waals surface area contributed by atoms with Crippen LogP contribution in [0.5, 0.6) is 0 Å². The second-order valence-corrected chi connectivity index (χ2v) is 4.22. The largest absolute Gasteiger partial charge is 0.480 e. The minimum atomic E-state index is -1.01. The van der Waals surface area contributed by atoms with E-state index in [9.17, 15) is 9.59 Å². The van der Waals surface area contributed by atoms with Gasteiger partial charge < -0.3 is 15.7 Å². The lowest BCUT2D eigenvalue weighted by molar-refractivity contribution is -0.139. The number of nitrogens with one attached hydrogen (secondary N) is 2. The number of aromatic nitrogens is 1. The summed E-state index contributed by atoms with van der Waals surface area (Å²) >= 11 is 0. The van der Waals surface area contributed by atoms with Gasteiger partial charge in [-0.05, 0) is 24.1 Å². The van der Waals surface area contributed by atoms with Gasteiger partial charge >= 0.3 is 12.0 Å². The molecular weight excluding hydrogens is 246 g/mol. The minimum Gasteiger partial charge on any atom is -0.480 e. The van der Waals surface area contributed by atoms with Crippen LogP contribution >= 0.6 is 0 Å². The summed E-state index contributed by atoms with van der Waals surface area (Å²) in [4.78, 5) is 26.4. The number of unbranched alkanes of at least 4 members (excludes halogenated alkanes) is 1. The Hall–Kier alpha value is -2.11. The molecule has 0 unspecified atom stereocenters. The monoisotopic (exact) mass is 265 g/mol. The molecular formula is C13H19N3O3. The molecule has 104 valence electrons. The van der Waals surface area contributed by atoms with Crippen molar-refractivity contribution >= 4 is 12.0 Å². The first-order chi connectivity index (χ1) is 9.13. The highest BCUT2D eigenvalue weighted by atomic mass is 16.4. The van der Waals surface area contributed by atoms with E-state index >= 15 is 0 Å². The Morgan fingerprint density at radius 3 is 2.63 bits per heavy atom. The van der Waals surface area contributed by atoms with E-state index in [2.05, 4.69) is 15.6 Å². The number of aliphatic carboxylic acids is 1. The molecule has 0 bridgehead atoms. The van der Waals surface area contributed by atoms with Crippen LogP contribution in [0.3, 0.4) is 0 Å². The Morgan fingerprint density at radius 1 is 1.37 bits per heavy atom. The Bertz CT molecular complexity index is 409. The van der Waals surface area contributed by atoms with Crippen LogP contribution in [0.15, 0.2) is 24.5 Å². The Balaban J connectivity index is 2.38. The van der Waals surface area contributed by atoms with Crippen LogP contribution in [0.2, 0.25) is 0 Å². The predicted molar refractivity (Wildman–Crippen MR) is 70.6 cm³/mol. The summed E-state index contributed by atoms with van der Waals surface area (Å²) in [5.74, 6) is -1.01. The van der Waals surface area contributed by atoms with Crippen molar-refractivity contribution in [3.63, 3.8) is 0 Å². The van der Waals surface area contributed by atoms with E-state index in [4.69, 9.17) is 5.11 Å². The van der Waals surface area contributed by atoms with Crippen LogP contribution in [-0.4, -0.2) is 28.1 Å². The molecule has 6 nitrogen and oxygen atoms in total.